The van der Waals surface area contributed by atoms with E-state index in [1.54, 1.807) is 4.90 Å². The standard InChI is InChI=1S/C12H23NO3/c1-9-5-6-13(7-10(9)8-14)11(15)16-12(2,3)4/h9-10,14H,5-8H2,1-4H3/t9-,10-/m1/s1. The van der Waals surface area contributed by atoms with Crippen LogP contribution >= 0.6 is 0 Å². The molecule has 94 valence electrons. The van der Waals surface area contributed by atoms with Crippen LogP contribution in [0.1, 0.15) is 34.1 Å². The van der Waals surface area contributed by atoms with Crippen molar-refractivity contribution in [2.24, 2.45) is 11.8 Å². The summed E-state index contributed by atoms with van der Waals surface area (Å²) in [5.41, 5.74) is -0.450. The summed E-state index contributed by atoms with van der Waals surface area (Å²) in [6.07, 6.45) is 0.669. The number of piperidine rings is 1. The SMILES string of the molecule is C[C@@H]1CCN(C(=O)OC(C)(C)C)C[C@@H]1CO. The molecule has 4 nitrogen and oxygen atoms in total. The average Bonchev–Trinajstić information content (AvgIpc) is 2.15. The van der Waals surface area contributed by atoms with Crippen molar-refractivity contribution in [2.75, 3.05) is 19.7 Å². The van der Waals surface area contributed by atoms with Crippen LogP contribution in [0, 0.1) is 11.8 Å². The van der Waals surface area contributed by atoms with Crippen LogP contribution in [0.4, 0.5) is 4.79 Å². The van der Waals surface area contributed by atoms with E-state index in [0.717, 1.165) is 13.0 Å². The Morgan fingerprint density at radius 2 is 2.12 bits per heavy atom. The fourth-order valence-corrected chi connectivity index (χ4v) is 1.88. The van der Waals surface area contributed by atoms with Crippen LogP contribution in [-0.4, -0.2) is 41.4 Å². The molecule has 1 aliphatic heterocycles. The second kappa shape index (κ2) is 5.04. The zero-order chi connectivity index (χ0) is 12.3. The number of hydrogen-bond donors (Lipinski definition) is 1. The lowest BCUT2D eigenvalue weighted by Crippen LogP contribution is -2.46. The molecule has 1 rings (SSSR count). The number of hydrogen-bond acceptors (Lipinski definition) is 3. The summed E-state index contributed by atoms with van der Waals surface area (Å²) in [6.45, 7) is 9.18. The number of nitrogens with zero attached hydrogens (tertiary/aromatic N) is 1. The van der Waals surface area contributed by atoms with Crippen molar-refractivity contribution in [3.05, 3.63) is 0 Å². The monoisotopic (exact) mass is 229 g/mol. The maximum atomic E-state index is 11.8. The van der Waals surface area contributed by atoms with Crippen molar-refractivity contribution in [1.82, 2.24) is 4.90 Å². The Hall–Kier alpha value is -0.770. The number of likely N-dealkylation sites (tertiary alicyclic amines) is 1. The van der Waals surface area contributed by atoms with E-state index in [4.69, 9.17) is 4.74 Å². The number of aliphatic hydroxyl groups is 1. The molecule has 0 aromatic rings. The van der Waals surface area contributed by atoms with E-state index in [1.165, 1.54) is 0 Å². The Labute approximate surface area is 97.6 Å². The van der Waals surface area contributed by atoms with E-state index in [1.807, 2.05) is 20.8 Å². The highest BCUT2D eigenvalue weighted by Crippen LogP contribution is 2.24. The molecule has 1 N–H and O–H groups in total. The maximum absolute atomic E-state index is 11.8. The third kappa shape index (κ3) is 3.67. The number of carbonyl (C=O) groups is 1. The molecular weight excluding hydrogens is 206 g/mol. The number of carbonyl (C=O) groups excluding carboxylic acids is 1. The first-order valence-electron chi connectivity index (χ1n) is 5.92. The van der Waals surface area contributed by atoms with Crippen LogP contribution in [0.5, 0.6) is 0 Å². The van der Waals surface area contributed by atoms with E-state index in [0.29, 0.717) is 12.5 Å². The van der Waals surface area contributed by atoms with E-state index in [9.17, 15) is 9.90 Å². The topological polar surface area (TPSA) is 49.8 Å². The van der Waals surface area contributed by atoms with Crippen LogP contribution in [0.25, 0.3) is 0 Å². The normalized spacial score (nSPS) is 26.7. The summed E-state index contributed by atoms with van der Waals surface area (Å²) in [7, 11) is 0. The molecule has 0 bridgehead atoms. The van der Waals surface area contributed by atoms with Gasteiger partial charge in [0.15, 0.2) is 0 Å². The summed E-state index contributed by atoms with van der Waals surface area (Å²) in [5.74, 6) is 0.657. The fourth-order valence-electron chi connectivity index (χ4n) is 1.88. The number of ether oxygens (including phenoxy) is 1. The van der Waals surface area contributed by atoms with Gasteiger partial charge in [-0.25, -0.2) is 4.79 Å². The van der Waals surface area contributed by atoms with Crippen LogP contribution < -0.4 is 0 Å². The Morgan fingerprint density at radius 1 is 1.50 bits per heavy atom. The molecule has 16 heavy (non-hydrogen) atoms. The van der Waals surface area contributed by atoms with Crippen molar-refractivity contribution < 1.29 is 14.6 Å². The van der Waals surface area contributed by atoms with E-state index < -0.39 is 5.60 Å². The van der Waals surface area contributed by atoms with Crippen LogP contribution in [0.15, 0.2) is 0 Å². The molecule has 2 atom stereocenters. The van der Waals surface area contributed by atoms with Gasteiger partial charge in [0.2, 0.25) is 0 Å². The van der Waals surface area contributed by atoms with Gasteiger partial charge in [-0.15, -0.1) is 0 Å². The van der Waals surface area contributed by atoms with Gasteiger partial charge >= 0.3 is 6.09 Å². The molecule has 0 aromatic heterocycles. The summed E-state index contributed by atoms with van der Waals surface area (Å²) < 4.78 is 5.31. The molecule has 0 spiro atoms. The summed E-state index contributed by atoms with van der Waals surface area (Å²) >= 11 is 0. The molecule has 1 fully saturated rings. The van der Waals surface area contributed by atoms with Gasteiger partial charge < -0.3 is 14.7 Å². The van der Waals surface area contributed by atoms with Crippen molar-refractivity contribution in [3.8, 4) is 0 Å². The molecule has 0 saturated carbocycles. The molecule has 0 aliphatic carbocycles. The van der Waals surface area contributed by atoms with E-state index in [-0.39, 0.29) is 18.6 Å². The van der Waals surface area contributed by atoms with Crippen molar-refractivity contribution in [3.63, 3.8) is 0 Å². The van der Waals surface area contributed by atoms with Gasteiger partial charge in [-0.05, 0) is 33.1 Å². The smallest absolute Gasteiger partial charge is 0.410 e. The highest BCUT2D eigenvalue weighted by molar-refractivity contribution is 5.68. The number of aliphatic hydroxyl groups excluding tert-OH is 1. The second-order valence-corrected chi connectivity index (χ2v) is 5.63. The highest BCUT2D eigenvalue weighted by atomic mass is 16.6. The molecule has 0 radical (unpaired) electrons. The fraction of sp³-hybridized carbons (Fsp3) is 0.917. The molecule has 4 heteroatoms. The molecule has 1 saturated heterocycles. The average molecular weight is 229 g/mol. The van der Waals surface area contributed by atoms with Gasteiger partial charge in [-0.2, -0.15) is 0 Å². The third-order valence-corrected chi connectivity index (χ3v) is 3.00. The zero-order valence-electron chi connectivity index (χ0n) is 10.7. The predicted molar refractivity (Wildman–Crippen MR) is 62.2 cm³/mol. The number of amides is 1. The Kier molecular flexibility index (Phi) is 4.19. The van der Waals surface area contributed by atoms with Crippen molar-refractivity contribution in [1.29, 1.82) is 0 Å². The van der Waals surface area contributed by atoms with Crippen LogP contribution in [0.3, 0.4) is 0 Å². The van der Waals surface area contributed by atoms with E-state index >= 15 is 0 Å². The molecule has 1 aliphatic rings. The van der Waals surface area contributed by atoms with Crippen LogP contribution in [-0.2, 0) is 4.74 Å². The lowest BCUT2D eigenvalue weighted by molar-refractivity contribution is 0.00582. The second-order valence-electron chi connectivity index (χ2n) is 5.63. The highest BCUT2D eigenvalue weighted by Gasteiger charge is 2.30. The molecule has 0 unspecified atom stereocenters. The molecule has 1 amide bonds. The van der Waals surface area contributed by atoms with Crippen molar-refractivity contribution >= 4 is 6.09 Å². The minimum Gasteiger partial charge on any atom is -0.444 e. The van der Waals surface area contributed by atoms with Gasteiger partial charge in [-0.1, -0.05) is 6.92 Å². The summed E-state index contributed by atoms with van der Waals surface area (Å²) in [4.78, 5) is 13.5. The molecular formula is C12H23NO3. The van der Waals surface area contributed by atoms with Gasteiger partial charge in [-0.3, -0.25) is 0 Å². The predicted octanol–water partition coefficient (Wildman–Crippen LogP) is 1.87. The first-order valence-corrected chi connectivity index (χ1v) is 5.92. The quantitative estimate of drug-likeness (QED) is 0.746. The third-order valence-electron chi connectivity index (χ3n) is 3.00. The molecule has 0 aromatic carbocycles. The lowest BCUT2D eigenvalue weighted by atomic mass is 9.88. The Morgan fingerprint density at radius 3 is 2.62 bits per heavy atom. The largest absolute Gasteiger partial charge is 0.444 e. The summed E-state index contributed by atoms with van der Waals surface area (Å²) in [6, 6.07) is 0. The first kappa shape index (κ1) is 13.3. The maximum Gasteiger partial charge on any atom is 0.410 e. The minimum absolute atomic E-state index is 0.139. The Balaban J connectivity index is 2.52. The van der Waals surface area contributed by atoms with Gasteiger partial charge in [0.25, 0.3) is 0 Å². The van der Waals surface area contributed by atoms with E-state index in [2.05, 4.69) is 6.92 Å². The van der Waals surface area contributed by atoms with Gasteiger partial charge in [0, 0.05) is 25.6 Å². The summed E-state index contributed by atoms with van der Waals surface area (Å²) in [5, 5.41) is 9.21. The van der Waals surface area contributed by atoms with Gasteiger partial charge in [0.1, 0.15) is 5.60 Å². The lowest BCUT2D eigenvalue weighted by Gasteiger charge is -2.36. The number of rotatable bonds is 1. The van der Waals surface area contributed by atoms with Crippen LogP contribution in [0.2, 0.25) is 0 Å². The molecule has 1 heterocycles. The van der Waals surface area contributed by atoms with Crippen molar-refractivity contribution in [2.45, 2.75) is 39.7 Å². The zero-order valence-corrected chi connectivity index (χ0v) is 10.7. The van der Waals surface area contributed by atoms with Gasteiger partial charge in [0.05, 0.1) is 0 Å². The minimum atomic E-state index is -0.450. The Bertz CT molecular complexity index is 247. The first-order chi connectivity index (χ1) is 7.33.